The van der Waals surface area contributed by atoms with Crippen LogP contribution in [0, 0.1) is 0 Å². The lowest BCUT2D eigenvalue weighted by Gasteiger charge is -2.10. The van der Waals surface area contributed by atoms with Crippen LogP contribution >= 0.6 is 23.2 Å². The molecule has 0 aliphatic carbocycles. The number of aliphatic hydroxyl groups is 1. The molecule has 0 spiro atoms. The van der Waals surface area contributed by atoms with E-state index in [0.29, 0.717) is 21.3 Å². The zero-order valence-corrected chi connectivity index (χ0v) is 12.2. The number of carbonyl (C=O) groups is 1. The molecule has 0 unspecified atom stereocenters. The Hall–Kier alpha value is -1.55. The normalized spacial score (nSPS) is 12.0. The van der Waals surface area contributed by atoms with Gasteiger partial charge in [-0.2, -0.15) is 0 Å². The van der Waals surface area contributed by atoms with Crippen LogP contribution in [0.15, 0.2) is 42.5 Å². The van der Waals surface area contributed by atoms with Gasteiger partial charge in [-0.3, -0.25) is 4.79 Å². The Kier molecular flexibility index (Phi) is 4.65. The van der Waals surface area contributed by atoms with Gasteiger partial charge in [-0.05, 0) is 42.8 Å². The fourth-order valence-electron chi connectivity index (χ4n) is 1.75. The molecule has 0 aliphatic rings. The van der Waals surface area contributed by atoms with Crippen molar-refractivity contribution < 1.29 is 9.90 Å². The Morgan fingerprint density at radius 1 is 1.20 bits per heavy atom. The van der Waals surface area contributed by atoms with Crippen LogP contribution in [0.25, 0.3) is 0 Å². The van der Waals surface area contributed by atoms with E-state index in [4.69, 9.17) is 23.2 Å². The predicted molar refractivity (Wildman–Crippen MR) is 81.5 cm³/mol. The third-order valence-corrected chi connectivity index (χ3v) is 3.36. The molecule has 0 heterocycles. The molecule has 5 heteroatoms. The first kappa shape index (κ1) is 14.9. The smallest absolute Gasteiger partial charge is 0.257 e. The summed E-state index contributed by atoms with van der Waals surface area (Å²) in [6, 6.07) is 11.7. The molecule has 2 aromatic rings. The number of carbonyl (C=O) groups excluding carboxylic acids is 1. The Bertz CT molecular complexity index is 642. The fraction of sp³-hybridized carbons (Fsp3) is 0.133. The van der Waals surface area contributed by atoms with E-state index < -0.39 is 6.10 Å². The van der Waals surface area contributed by atoms with Crippen molar-refractivity contribution in [3.63, 3.8) is 0 Å². The maximum atomic E-state index is 12.2. The highest BCUT2D eigenvalue weighted by atomic mass is 35.5. The van der Waals surface area contributed by atoms with Gasteiger partial charge in [-0.25, -0.2) is 0 Å². The summed E-state index contributed by atoms with van der Waals surface area (Å²) in [5.74, 6) is -0.347. The number of nitrogens with one attached hydrogen (secondary N) is 1. The zero-order chi connectivity index (χ0) is 14.7. The number of rotatable bonds is 3. The summed E-state index contributed by atoms with van der Waals surface area (Å²) in [6.45, 7) is 1.66. The van der Waals surface area contributed by atoms with Crippen molar-refractivity contribution in [3.05, 3.63) is 63.6 Å². The number of aliphatic hydroxyl groups excluding tert-OH is 1. The molecular weight excluding hydrogens is 297 g/mol. The molecule has 2 rings (SSSR count). The highest BCUT2D eigenvalue weighted by Crippen LogP contribution is 2.23. The first-order valence-electron chi connectivity index (χ1n) is 6.02. The second-order valence-corrected chi connectivity index (χ2v) is 5.22. The molecule has 0 saturated heterocycles. The SMILES string of the molecule is C[C@H](O)c1cccc(NC(=O)c2cc(Cl)ccc2Cl)c1. The Morgan fingerprint density at radius 3 is 2.65 bits per heavy atom. The summed E-state index contributed by atoms with van der Waals surface area (Å²) >= 11 is 11.8. The van der Waals surface area contributed by atoms with Crippen molar-refractivity contribution in [2.45, 2.75) is 13.0 Å². The molecule has 2 aromatic carbocycles. The Morgan fingerprint density at radius 2 is 1.95 bits per heavy atom. The molecular formula is C15H13Cl2NO2. The Balaban J connectivity index is 2.23. The van der Waals surface area contributed by atoms with Crippen LogP contribution in [0.2, 0.25) is 10.0 Å². The highest BCUT2D eigenvalue weighted by molar-refractivity contribution is 6.36. The third kappa shape index (κ3) is 3.51. The van der Waals surface area contributed by atoms with Gasteiger partial charge in [-0.15, -0.1) is 0 Å². The van der Waals surface area contributed by atoms with Gasteiger partial charge in [0, 0.05) is 10.7 Å². The van der Waals surface area contributed by atoms with Gasteiger partial charge in [-0.1, -0.05) is 35.3 Å². The topological polar surface area (TPSA) is 49.3 Å². The van der Waals surface area contributed by atoms with Crippen LogP contribution in [-0.2, 0) is 0 Å². The fourth-order valence-corrected chi connectivity index (χ4v) is 2.12. The van der Waals surface area contributed by atoms with E-state index in [1.54, 1.807) is 43.3 Å². The van der Waals surface area contributed by atoms with Gasteiger partial charge in [0.25, 0.3) is 5.91 Å². The Labute approximate surface area is 127 Å². The molecule has 0 bridgehead atoms. The summed E-state index contributed by atoms with van der Waals surface area (Å²) in [7, 11) is 0. The van der Waals surface area contributed by atoms with Crippen LogP contribution in [-0.4, -0.2) is 11.0 Å². The summed E-state index contributed by atoms with van der Waals surface area (Å²) in [5.41, 5.74) is 1.62. The van der Waals surface area contributed by atoms with E-state index in [-0.39, 0.29) is 5.91 Å². The number of amides is 1. The van der Waals surface area contributed by atoms with E-state index in [1.807, 2.05) is 0 Å². The molecule has 104 valence electrons. The van der Waals surface area contributed by atoms with Crippen molar-refractivity contribution >= 4 is 34.8 Å². The van der Waals surface area contributed by atoms with Crippen molar-refractivity contribution in [1.82, 2.24) is 0 Å². The van der Waals surface area contributed by atoms with Crippen LogP contribution in [0.1, 0.15) is 28.9 Å². The quantitative estimate of drug-likeness (QED) is 0.888. The molecule has 1 atom stereocenters. The molecule has 0 radical (unpaired) electrons. The number of anilines is 1. The van der Waals surface area contributed by atoms with Gasteiger partial charge in [0.2, 0.25) is 0 Å². The molecule has 3 nitrogen and oxygen atoms in total. The molecule has 2 N–H and O–H groups in total. The van der Waals surface area contributed by atoms with Crippen molar-refractivity contribution in [2.75, 3.05) is 5.32 Å². The van der Waals surface area contributed by atoms with E-state index in [0.717, 1.165) is 5.56 Å². The first-order valence-corrected chi connectivity index (χ1v) is 6.77. The second kappa shape index (κ2) is 6.27. The van der Waals surface area contributed by atoms with Gasteiger partial charge in [0.1, 0.15) is 0 Å². The largest absolute Gasteiger partial charge is 0.389 e. The highest BCUT2D eigenvalue weighted by Gasteiger charge is 2.12. The summed E-state index contributed by atoms with van der Waals surface area (Å²) in [6.07, 6.45) is -0.596. The molecule has 0 saturated carbocycles. The zero-order valence-electron chi connectivity index (χ0n) is 10.7. The maximum Gasteiger partial charge on any atom is 0.257 e. The minimum atomic E-state index is -0.596. The van der Waals surface area contributed by atoms with Gasteiger partial charge >= 0.3 is 0 Å². The summed E-state index contributed by atoms with van der Waals surface area (Å²) in [5, 5.41) is 13.0. The monoisotopic (exact) mass is 309 g/mol. The van der Waals surface area contributed by atoms with Crippen molar-refractivity contribution in [2.24, 2.45) is 0 Å². The molecule has 0 aromatic heterocycles. The lowest BCUT2D eigenvalue weighted by atomic mass is 10.1. The minimum Gasteiger partial charge on any atom is -0.389 e. The average molecular weight is 310 g/mol. The standard InChI is InChI=1S/C15H13Cl2NO2/c1-9(19)10-3-2-4-12(7-10)18-15(20)13-8-11(16)5-6-14(13)17/h2-9,19H,1H3,(H,18,20)/t9-/m0/s1. The molecule has 20 heavy (non-hydrogen) atoms. The lowest BCUT2D eigenvalue weighted by Crippen LogP contribution is -2.12. The van der Waals surface area contributed by atoms with Gasteiger partial charge < -0.3 is 10.4 Å². The average Bonchev–Trinajstić information content (AvgIpc) is 2.41. The maximum absolute atomic E-state index is 12.2. The summed E-state index contributed by atoms with van der Waals surface area (Å²) < 4.78 is 0. The summed E-state index contributed by atoms with van der Waals surface area (Å²) in [4.78, 5) is 12.2. The molecule has 0 fully saturated rings. The number of benzene rings is 2. The first-order chi connectivity index (χ1) is 9.47. The van der Waals surface area contributed by atoms with Crippen molar-refractivity contribution in [1.29, 1.82) is 0 Å². The number of hydrogen-bond acceptors (Lipinski definition) is 2. The minimum absolute atomic E-state index is 0.307. The van der Waals surface area contributed by atoms with Gasteiger partial charge in [0.05, 0.1) is 16.7 Å². The van der Waals surface area contributed by atoms with E-state index in [1.165, 1.54) is 6.07 Å². The molecule has 1 amide bonds. The van der Waals surface area contributed by atoms with E-state index in [2.05, 4.69) is 5.32 Å². The van der Waals surface area contributed by atoms with E-state index in [9.17, 15) is 9.90 Å². The van der Waals surface area contributed by atoms with Crippen LogP contribution < -0.4 is 5.32 Å². The third-order valence-electron chi connectivity index (χ3n) is 2.80. The van der Waals surface area contributed by atoms with Crippen LogP contribution in [0.5, 0.6) is 0 Å². The lowest BCUT2D eigenvalue weighted by molar-refractivity contribution is 0.102. The van der Waals surface area contributed by atoms with Crippen LogP contribution in [0.4, 0.5) is 5.69 Å². The second-order valence-electron chi connectivity index (χ2n) is 4.38. The predicted octanol–water partition coefficient (Wildman–Crippen LogP) is 4.30. The van der Waals surface area contributed by atoms with Crippen LogP contribution in [0.3, 0.4) is 0 Å². The van der Waals surface area contributed by atoms with E-state index >= 15 is 0 Å². The molecule has 0 aliphatic heterocycles. The number of hydrogen-bond donors (Lipinski definition) is 2. The van der Waals surface area contributed by atoms with Gasteiger partial charge in [0.15, 0.2) is 0 Å². The number of halogens is 2. The van der Waals surface area contributed by atoms with Crippen molar-refractivity contribution in [3.8, 4) is 0 Å².